The Morgan fingerprint density at radius 1 is 1.16 bits per heavy atom. The van der Waals surface area contributed by atoms with Gasteiger partial charge < -0.3 is 5.32 Å². The highest BCUT2D eigenvalue weighted by Crippen LogP contribution is 2.38. The third-order valence-corrected chi connectivity index (χ3v) is 4.93. The number of amides is 1. The molecule has 1 aliphatic rings. The van der Waals surface area contributed by atoms with Gasteiger partial charge in [0.25, 0.3) is 0 Å². The first-order valence-electron chi connectivity index (χ1n) is 8.48. The van der Waals surface area contributed by atoms with Crippen LogP contribution in [0.3, 0.4) is 0 Å². The number of nitrogens with zero attached hydrogens (tertiary/aromatic N) is 1. The number of hydrogen-bond donors (Lipinski definition) is 1. The Kier molecular flexibility index (Phi) is 3.75. The van der Waals surface area contributed by atoms with E-state index in [4.69, 9.17) is 0 Å². The fraction of sp³-hybridized carbons (Fsp3) is 0.238. The van der Waals surface area contributed by atoms with Crippen LogP contribution in [0.1, 0.15) is 18.9 Å². The van der Waals surface area contributed by atoms with Crippen molar-refractivity contribution in [2.24, 2.45) is 11.8 Å². The second kappa shape index (κ2) is 5.96. The van der Waals surface area contributed by atoms with Gasteiger partial charge in [0.15, 0.2) is 0 Å². The first-order valence-corrected chi connectivity index (χ1v) is 8.48. The zero-order chi connectivity index (χ0) is 17.6. The highest BCUT2D eigenvalue weighted by molar-refractivity contribution is 5.96. The summed E-state index contributed by atoms with van der Waals surface area (Å²) in [5.41, 5.74) is 2.85. The van der Waals surface area contributed by atoms with Crippen molar-refractivity contribution in [2.75, 3.05) is 5.32 Å². The molecule has 4 rings (SSSR count). The van der Waals surface area contributed by atoms with E-state index in [1.165, 1.54) is 6.07 Å². The van der Waals surface area contributed by atoms with Crippen LogP contribution >= 0.6 is 0 Å². The summed E-state index contributed by atoms with van der Waals surface area (Å²) in [6.45, 7) is 4.04. The molecule has 0 unspecified atom stereocenters. The van der Waals surface area contributed by atoms with Gasteiger partial charge in [-0.25, -0.2) is 9.37 Å². The van der Waals surface area contributed by atoms with Crippen LogP contribution in [-0.4, -0.2) is 10.9 Å². The molecule has 0 saturated heterocycles. The average molecular weight is 334 g/mol. The number of aryl methyl sites for hydroxylation is 1. The molecule has 1 aromatic heterocycles. The molecule has 0 spiro atoms. The smallest absolute Gasteiger partial charge is 0.228 e. The van der Waals surface area contributed by atoms with Crippen molar-refractivity contribution in [3.05, 3.63) is 60.0 Å². The lowest BCUT2D eigenvalue weighted by Crippen LogP contribution is -2.15. The summed E-state index contributed by atoms with van der Waals surface area (Å²) in [6.07, 6.45) is 2.70. The number of fused-ring (bicyclic) bond motifs is 1. The number of aromatic nitrogens is 1. The molecule has 126 valence electrons. The number of rotatable bonds is 3. The third-order valence-electron chi connectivity index (χ3n) is 4.93. The molecule has 2 atom stereocenters. The number of hydrogen-bond acceptors (Lipinski definition) is 2. The first kappa shape index (κ1) is 15.8. The number of pyridine rings is 1. The molecule has 1 amide bonds. The zero-order valence-electron chi connectivity index (χ0n) is 14.2. The third kappa shape index (κ3) is 3.12. The van der Waals surface area contributed by atoms with Crippen molar-refractivity contribution in [1.82, 2.24) is 4.98 Å². The van der Waals surface area contributed by atoms with Gasteiger partial charge in [-0.05, 0) is 65.6 Å². The van der Waals surface area contributed by atoms with Crippen LogP contribution in [0.4, 0.5) is 10.2 Å². The minimum absolute atomic E-state index is 0.0476. The molecular formula is C21H19FN2O. The summed E-state index contributed by atoms with van der Waals surface area (Å²) in [4.78, 5) is 16.4. The van der Waals surface area contributed by atoms with Gasteiger partial charge in [-0.3, -0.25) is 4.79 Å². The van der Waals surface area contributed by atoms with Crippen LogP contribution in [0.5, 0.6) is 0 Å². The van der Waals surface area contributed by atoms with E-state index in [1.54, 1.807) is 18.3 Å². The molecule has 1 fully saturated rings. The number of halogens is 1. The van der Waals surface area contributed by atoms with Crippen molar-refractivity contribution >= 4 is 22.5 Å². The van der Waals surface area contributed by atoms with E-state index in [9.17, 15) is 9.18 Å². The maximum absolute atomic E-state index is 13.6. The summed E-state index contributed by atoms with van der Waals surface area (Å²) in [6, 6.07) is 12.6. The van der Waals surface area contributed by atoms with Gasteiger partial charge in [0, 0.05) is 17.5 Å². The van der Waals surface area contributed by atoms with Crippen molar-refractivity contribution in [3.63, 3.8) is 0 Å². The van der Waals surface area contributed by atoms with Crippen LogP contribution in [0.2, 0.25) is 0 Å². The molecule has 1 N–H and O–H groups in total. The Labute approximate surface area is 145 Å². The molecule has 25 heavy (non-hydrogen) atoms. The number of anilines is 1. The molecular weight excluding hydrogens is 315 g/mol. The van der Waals surface area contributed by atoms with Crippen LogP contribution < -0.4 is 5.32 Å². The second-order valence-corrected chi connectivity index (χ2v) is 6.90. The van der Waals surface area contributed by atoms with E-state index in [2.05, 4.69) is 17.2 Å². The van der Waals surface area contributed by atoms with E-state index < -0.39 is 0 Å². The van der Waals surface area contributed by atoms with Gasteiger partial charge >= 0.3 is 0 Å². The monoisotopic (exact) mass is 334 g/mol. The quantitative estimate of drug-likeness (QED) is 0.737. The lowest BCUT2D eigenvalue weighted by atomic mass is 9.98. The van der Waals surface area contributed by atoms with E-state index in [1.807, 2.05) is 31.2 Å². The summed E-state index contributed by atoms with van der Waals surface area (Å²) in [7, 11) is 0. The molecule has 3 nitrogen and oxygen atoms in total. The van der Waals surface area contributed by atoms with Gasteiger partial charge in [-0.1, -0.05) is 25.1 Å². The van der Waals surface area contributed by atoms with Gasteiger partial charge in [-0.2, -0.15) is 0 Å². The molecule has 0 aliphatic heterocycles. The van der Waals surface area contributed by atoms with Crippen molar-refractivity contribution < 1.29 is 9.18 Å². The Morgan fingerprint density at radius 3 is 2.72 bits per heavy atom. The van der Waals surface area contributed by atoms with Gasteiger partial charge in [0.2, 0.25) is 5.91 Å². The van der Waals surface area contributed by atoms with Crippen LogP contribution in [0, 0.1) is 24.6 Å². The minimum atomic E-state index is -0.244. The predicted molar refractivity (Wildman–Crippen MR) is 97.8 cm³/mol. The largest absolute Gasteiger partial charge is 0.310 e. The molecule has 4 heteroatoms. The predicted octanol–water partition coefficient (Wildman–Crippen LogP) is 4.94. The van der Waals surface area contributed by atoms with E-state index in [0.29, 0.717) is 11.7 Å². The van der Waals surface area contributed by atoms with E-state index in [-0.39, 0.29) is 17.6 Å². The topological polar surface area (TPSA) is 42.0 Å². The number of nitrogens with one attached hydrogen (secondary N) is 1. The van der Waals surface area contributed by atoms with Crippen LogP contribution in [-0.2, 0) is 4.79 Å². The van der Waals surface area contributed by atoms with Crippen LogP contribution in [0.15, 0.2) is 48.7 Å². The molecule has 1 saturated carbocycles. The van der Waals surface area contributed by atoms with Crippen LogP contribution in [0.25, 0.3) is 21.9 Å². The Morgan fingerprint density at radius 2 is 1.96 bits per heavy atom. The van der Waals surface area contributed by atoms with Gasteiger partial charge in [0.1, 0.15) is 11.6 Å². The number of carbonyl (C=O) groups is 1. The summed E-state index contributed by atoms with van der Waals surface area (Å²) in [5.74, 6) is 0.970. The lowest BCUT2D eigenvalue weighted by Gasteiger charge is -2.09. The Bertz CT molecular complexity index is 983. The Balaban J connectivity index is 1.64. The summed E-state index contributed by atoms with van der Waals surface area (Å²) in [5, 5.41) is 4.84. The van der Waals surface area contributed by atoms with E-state index in [0.717, 1.165) is 33.9 Å². The molecule has 3 aromatic rings. The van der Waals surface area contributed by atoms with E-state index >= 15 is 0 Å². The normalized spacial score (nSPS) is 19.0. The zero-order valence-corrected chi connectivity index (χ0v) is 14.2. The highest BCUT2D eigenvalue weighted by atomic mass is 19.1. The maximum Gasteiger partial charge on any atom is 0.228 e. The molecule has 0 bridgehead atoms. The summed E-state index contributed by atoms with van der Waals surface area (Å²) >= 11 is 0. The molecule has 1 heterocycles. The first-order chi connectivity index (χ1) is 12.0. The maximum atomic E-state index is 13.6. The molecule has 2 aromatic carbocycles. The van der Waals surface area contributed by atoms with Crippen molar-refractivity contribution in [3.8, 4) is 11.1 Å². The average Bonchev–Trinajstić information content (AvgIpc) is 3.33. The second-order valence-electron chi connectivity index (χ2n) is 6.90. The summed E-state index contributed by atoms with van der Waals surface area (Å²) < 4.78 is 13.6. The highest BCUT2D eigenvalue weighted by Gasteiger charge is 2.39. The van der Waals surface area contributed by atoms with Gasteiger partial charge in [-0.15, -0.1) is 0 Å². The Hall–Kier alpha value is -2.75. The fourth-order valence-corrected chi connectivity index (χ4v) is 3.19. The standard InChI is InChI=1S/C21H19FN2O/c1-12-3-6-17(22)10-18(12)15-5-4-14-9-20(23-11-16(14)8-15)24-21(25)19-7-13(19)2/h3-6,8-11,13,19H,7H2,1-2H3,(H,23,24,25)/t13-,19+/m1/s1. The van der Waals surface area contributed by atoms with Crippen molar-refractivity contribution in [2.45, 2.75) is 20.3 Å². The van der Waals surface area contributed by atoms with Gasteiger partial charge in [0.05, 0.1) is 0 Å². The number of benzene rings is 2. The minimum Gasteiger partial charge on any atom is -0.310 e. The molecule has 0 radical (unpaired) electrons. The van der Waals surface area contributed by atoms with Crippen molar-refractivity contribution in [1.29, 1.82) is 0 Å². The molecule has 1 aliphatic carbocycles. The lowest BCUT2D eigenvalue weighted by molar-refractivity contribution is -0.117. The SMILES string of the molecule is Cc1ccc(F)cc1-c1ccc2cc(NC(=O)[C@H]3C[C@H]3C)ncc2c1. The number of carbonyl (C=O) groups excluding carboxylic acids is 1. The fourth-order valence-electron chi connectivity index (χ4n) is 3.19.